The third-order valence-electron chi connectivity index (χ3n) is 5.05. The number of benzene rings is 4. The molecule has 4 aromatic rings. The Labute approximate surface area is 209 Å². The first kappa shape index (κ1) is 24.2. The Balaban J connectivity index is 1.22. The fraction of sp³-hybridized carbons (Fsp3) is 0.0690. The summed E-state index contributed by atoms with van der Waals surface area (Å²) in [5, 5.41) is 6.40. The molecule has 0 saturated heterocycles. The Morgan fingerprint density at radius 2 is 1.28 bits per heavy atom. The van der Waals surface area contributed by atoms with Crippen LogP contribution in [-0.2, 0) is 22.8 Å². The van der Waals surface area contributed by atoms with Gasteiger partial charge in [0.15, 0.2) is 0 Å². The van der Waals surface area contributed by atoms with Crippen LogP contribution in [0.2, 0.25) is 0 Å². The number of carbonyl (C=O) groups is 2. The fourth-order valence-electron chi connectivity index (χ4n) is 3.21. The summed E-state index contributed by atoms with van der Waals surface area (Å²) < 4.78 is 11.5. The van der Waals surface area contributed by atoms with E-state index >= 15 is 0 Å². The molecule has 0 aromatic heterocycles. The van der Waals surface area contributed by atoms with Crippen LogP contribution in [-0.4, -0.2) is 18.0 Å². The van der Waals surface area contributed by atoms with E-state index in [4.69, 9.17) is 9.47 Å². The van der Waals surface area contributed by atoms with Crippen molar-refractivity contribution in [1.82, 2.24) is 5.43 Å². The molecule has 0 atom stereocenters. The van der Waals surface area contributed by atoms with Crippen LogP contribution < -0.4 is 20.2 Å². The molecule has 0 saturated carbocycles. The number of hydrogen-bond acceptors (Lipinski definition) is 5. The van der Waals surface area contributed by atoms with Crippen molar-refractivity contribution in [2.45, 2.75) is 13.2 Å². The van der Waals surface area contributed by atoms with E-state index in [-0.39, 0.29) is 0 Å². The number of nitrogens with zero attached hydrogens (tertiary/aromatic N) is 1. The molecule has 7 heteroatoms. The molecule has 0 aliphatic heterocycles. The lowest BCUT2D eigenvalue weighted by Crippen LogP contribution is -2.32. The van der Waals surface area contributed by atoms with Gasteiger partial charge in [0.25, 0.3) is 0 Å². The second-order valence-electron chi connectivity index (χ2n) is 7.80. The standard InChI is InChI=1S/C29H25N3O4/c33-28(31-25-14-16-26(17-15-25)35-20-22-8-3-1-4-9-22)29(34)32-30-19-24-12-7-13-27(18-24)36-21-23-10-5-2-6-11-23/h1-19H,20-21H2,(H,31,33)(H,32,34)/b30-19-. The quantitative estimate of drug-likeness (QED) is 0.202. The maximum Gasteiger partial charge on any atom is 0.329 e. The zero-order chi connectivity index (χ0) is 25.0. The van der Waals surface area contributed by atoms with Gasteiger partial charge in [0.1, 0.15) is 24.7 Å². The molecule has 0 heterocycles. The lowest BCUT2D eigenvalue weighted by Gasteiger charge is -2.08. The first-order chi connectivity index (χ1) is 17.7. The van der Waals surface area contributed by atoms with E-state index in [1.807, 2.05) is 78.9 Å². The van der Waals surface area contributed by atoms with Crippen molar-refractivity contribution in [1.29, 1.82) is 0 Å². The minimum Gasteiger partial charge on any atom is -0.489 e. The number of amides is 2. The number of ether oxygens (including phenoxy) is 2. The van der Waals surface area contributed by atoms with Gasteiger partial charge in [-0.2, -0.15) is 5.10 Å². The van der Waals surface area contributed by atoms with Crippen LogP contribution in [0.1, 0.15) is 16.7 Å². The van der Waals surface area contributed by atoms with Crippen molar-refractivity contribution in [3.63, 3.8) is 0 Å². The summed E-state index contributed by atoms with van der Waals surface area (Å²) in [6.45, 7) is 0.882. The van der Waals surface area contributed by atoms with E-state index in [0.717, 1.165) is 11.1 Å². The van der Waals surface area contributed by atoms with E-state index in [0.29, 0.717) is 36.0 Å². The maximum absolute atomic E-state index is 12.2. The van der Waals surface area contributed by atoms with Crippen molar-refractivity contribution < 1.29 is 19.1 Å². The lowest BCUT2D eigenvalue weighted by atomic mass is 10.2. The van der Waals surface area contributed by atoms with Gasteiger partial charge >= 0.3 is 11.8 Å². The largest absolute Gasteiger partial charge is 0.489 e. The highest BCUT2D eigenvalue weighted by Gasteiger charge is 2.13. The van der Waals surface area contributed by atoms with Crippen LogP contribution in [0.5, 0.6) is 11.5 Å². The smallest absolute Gasteiger partial charge is 0.329 e. The molecule has 0 unspecified atom stereocenters. The molecule has 0 radical (unpaired) electrons. The highest BCUT2D eigenvalue weighted by atomic mass is 16.5. The number of carbonyl (C=O) groups excluding carboxylic acids is 2. The number of anilines is 1. The summed E-state index contributed by atoms with van der Waals surface area (Å²) >= 11 is 0. The summed E-state index contributed by atoms with van der Waals surface area (Å²) in [6.07, 6.45) is 1.44. The molecule has 4 aromatic carbocycles. The van der Waals surface area contributed by atoms with E-state index in [1.165, 1.54) is 6.21 Å². The van der Waals surface area contributed by atoms with Crippen molar-refractivity contribution in [3.8, 4) is 11.5 Å². The number of hydrazone groups is 1. The predicted molar refractivity (Wildman–Crippen MR) is 139 cm³/mol. The Bertz CT molecular complexity index is 1310. The molecule has 0 aliphatic carbocycles. The fourth-order valence-corrected chi connectivity index (χ4v) is 3.21. The molecule has 0 aliphatic rings. The maximum atomic E-state index is 12.2. The molecule has 0 spiro atoms. The zero-order valence-corrected chi connectivity index (χ0v) is 19.5. The zero-order valence-electron chi connectivity index (χ0n) is 19.5. The van der Waals surface area contributed by atoms with Gasteiger partial charge in [0.05, 0.1) is 6.21 Å². The Morgan fingerprint density at radius 1 is 0.667 bits per heavy atom. The lowest BCUT2D eigenvalue weighted by molar-refractivity contribution is -0.136. The topological polar surface area (TPSA) is 89.0 Å². The minimum absolute atomic E-state index is 0.439. The van der Waals surface area contributed by atoms with Crippen molar-refractivity contribution >= 4 is 23.7 Å². The highest BCUT2D eigenvalue weighted by molar-refractivity contribution is 6.39. The predicted octanol–water partition coefficient (Wildman–Crippen LogP) is 4.93. The van der Waals surface area contributed by atoms with Crippen molar-refractivity contribution in [3.05, 3.63) is 126 Å². The van der Waals surface area contributed by atoms with Crippen molar-refractivity contribution in [2.24, 2.45) is 5.10 Å². The Hall–Kier alpha value is -4.91. The molecular weight excluding hydrogens is 454 g/mol. The van der Waals surface area contributed by atoms with Gasteiger partial charge < -0.3 is 14.8 Å². The number of nitrogens with one attached hydrogen (secondary N) is 2. The van der Waals surface area contributed by atoms with E-state index < -0.39 is 11.8 Å². The first-order valence-corrected chi connectivity index (χ1v) is 11.3. The summed E-state index contributed by atoms with van der Waals surface area (Å²) in [4.78, 5) is 24.3. The van der Waals surface area contributed by atoms with E-state index in [9.17, 15) is 9.59 Å². The van der Waals surface area contributed by atoms with Crippen LogP contribution >= 0.6 is 0 Å². The first-order valence-electron chi connectivity index (χ1n) is 11.3. The number of hydrogen-bond donors (Lipinski definition) is 2. The molecule has 0 fully saturated rings. The average Bonchev–Trinajstić information content (AvgIpc) is 2.93. The Morgan fingerprint density at radius 3 is 1.92 bits per heavy atom. The van der Waals surface area contributed by atoms with Crippen LogP contribution in [0.3, 0.4) is 0 Å². The van der Waals surface area contributed by atoms with Gasteiger partial charge in [-0.05, 0) is 53.1 Å². The molecule has 7 nitrogen and oxygen atoms in total. The van der Waals surface area contributed by atoms with Gasteiger partial charge in [-0.25, -0.2) is 5.43 Å². The van der Waals surface area contributed by atoms with Crippen LogP contribution in [0.4, 0.5) is 5.69 Å². The van der Waals surface area contributed by atoms with E-state index in [1.54, 1.807) is 30.3 Å². The average molecular weight is 480 g/mol. The van der Waals surface area contributed by atoms with Gasteiger partial charge in [-0.3, -0.25) is 9.59 Å². The SMILES string of the molecule is O=C(N/N=C\c1cccc(OCc2ccccc2)c1)C(=O)Nc1ccc(OCc2ccccc2)cc1. The third-order valence-corrected chi connectivity index (χ3v) is 5.05. The van der Waals surface area contributed by atoms with Gasteiger partial charge in [-0.1, -0.05) is 72.8 Å². The minimum atomic E-state index is -0.882. The Kier molecular flexibility index (Phi) is 8.43. The second-order valence-corrected chi connectivity index (χ2v) is 7.80. The molecular formula is C29H25N3O4. The summed E-state index contributed by atoms with van der Waals surface area (Å²) in [7, 11) is 0. The van der Waals surface area contributed by atoms with Gasteiger partial charge in [0, 0.05) is 5.69 Å². The molecule has 36 heavy (non-hydrogen) atoms. The molecule has 180 valence electrons. The third kappa shape index (κ3) is 7.56. The van der Waals surface area contributed by atoms with Crippen LogP contribution in [0, 0.1) is 0 Å². The van der Waals surface area contributed by atoms with Gasteiger partial charge in [-0.15, -0.1) is 0 Å². The summed E-state index contributed by atoms with van der Waals surface area (Å²) in [5.74, 6) is -0.388. The molecule has 2 amide bonds. The van der Waals surface area contributed by atoms with Crippen LogP contribution in [0.15, 0.2) is 114 Å². The second kappa shape index (κ2) is 12.5. The number of rotatable bonds is 9. The monoisotopic (exact) mass is 479 g/mol. The summed E-state index contributed by atoms with van der Waals surface area (Å²) in [6, 6.07) is 33.7. The van der Waals surface area contributed by atoms with Crippen molar-refractivity contribution in [2.75, 3.05) is 5.32 Å². The highest BCUT2D eigenvalue weighted by Crippen LogP contribution is 2.17. The van der Waals surface area contributed by atoms with Gasteiger partial charge in [0.2, 0.25) is 0 Å². The van der Waals surface area contributed by atoms with Crippen LogP contribution in [0.25, 0.3) is 0 Å². The molecule has 2 N–H and O–H groups in total. The molecule has 4 rings (SSSR count). The summed E-state index contributed by atoms with van der Waals surface area (Å²) in [5.41, 5.74) is 5.53. The normalized spacial score (nSPS) is 10.6. The van der Waals surface area contributed by atoms with E-state index in [2.05, 4.69) is 15.8 Å². The molecule has 0 bridgehead atoms.